The van der Waals surface area contributed by atoms with Gasteiger partial charge in [-0.1, -0.05) is 77.6 Å². The fourth-order valence-electron chi connectivity index (χ4n) is 4.51. The predicted molar refractivity (Wildman–Crippen MR) is 134 cm³/mol. The zero-order valence-corrected chi connectivity index (χ0v) is 21.5. The first-order valence-electron chi connectivity index (χ1n) is 13.4. The fourth-order valence-corrected chi connectivity index (χ4v) is 4.51. The molecule has 0 aliphatic heterocycles. The van der Waals surface area contributed by atoms with Gasteiger partial charge in [0.05, 0.1) is 6.61 Å². The first kappa shape index (κ1) is 28.5. The van der Waals surface area contributed by atoms with E-state index >= 15 is 0 Å². The Kier molecular flexibility index (Phi) is 15.9. The van der Waals surface area contributed by atoms with Crippen molar-refractivity contribution in [1.82, 2.24) is 4.57 Å². The summed E-state index contributed by atoms with van der Waals surface area (Å²) in [5.41, 5.74) is 3.21. The van der Waals surface area contributed by atoms with Crippen molar-refractivity contribution in [2.75, 3.05) is 6.61 Å². The van der Waals surface area contributed by atoms with Gasteiger partial charge < -0.3 is 9.30 Å². The van der Waals surface area contributed by atoms with Crippen LogP contribution in [-0.2, 0) is 16.1 Å². The Labute approximate surface area is 197 Å². The molecule has 0 saturated heterocycles. The minimum atomic E-state index is -0.0782. The smallest absolute Gasteiger partial charge is 0.305 e. The molecule has 0 radical (unpaired) electrons. The number of aromatic nitrogens is 1. The number of ether oxygens (including phenoxy) is 1. The van der Waals surface area contributed by atoms with Crippen LogP contribution in [0.3, 0.4) is 0 Å². The second-order valence-electron chi connectivity index (χ2n) is 9.29. The summed E-state index contributed by atoms with van der Waals surface area (Å²) in [4.78, 5) is 24.2. The quantitative estimate of drug-likeness (QED) is 0.115. The number of unbranched alkanes of at least 4 members (excludes halogenated alkanes) is 12. The van der Waals surface area contributed by atoms with E-state index in [1.165, 1.54) is 51.4 Å². The van der Waals surface area contributed by atoms with Crippen molar-refractivity contribution in [3.05, 3.63) is 23.0 Å². The third kappa shape index (κ3) is 11.9. The number of esters is 1. The minimum absolute atomic E-state index is 0.0782. The maximum absolute atomic E-state index is 12.8. The summed E-state index contributed by atoms with van der Waals surface area (Å²) in [7, 11) is 0. The van der Waals surface area contributed by atoms with E-state index in [1.807, 2.05) is 6.92 Å². The van der Waals surface area contributed by atoms with E-state index in [1.54, 1.807) is 0 Å². The Morgan fingerprint density at radius 3 is 1.88 bits per heavy atom. The van der Waals surface area contributed by atoms with Crippen LogP contribution >= 0.6 is 0 Å². The Balaban J connectivity index is 2.22. The zero-order valence-electron chi connectivity index (χ0n) is 21.5. The van der Waals surface area contributed by atoms with Crippen LogP contribution in [-0.4, -0.2) is 22.9 Å². The molecule has 0 unspecified atom stereocenters. The molecule has 184 valence electrons. The maximum atomic E-state index is 12.8. The molecule has 0 spiro atoms. The number of hydrogen-bond donors (Lipinski definition) is 0. The highest BCUT2D eigenvalue weighted by atomic mass is 16.5. The van der Waals surface area contributed by atoms with Crippen LogP contribution in [0.5, 0.6) is 0 Å². The average Bonchev–Trinajstić information content (AvgIpc) is 3.05. The summed E-state index contributed by atoms with van der Waals surface area (Å²) in [5, 5.41) is 0. The lowest BCUT2D eigenvalue weighted by molar-refractivity contribution is -0.143. The average molecular weight is 448 g/mol. The number of Topliss-reactive ketones (excluding diaryl/α,β-unsaturated/α-hetero) is 1. The Morgan fingerprint density at radius 2 is 1.28 bits per heavy atom. The molecule has 1 aromatic rings. The van der Waals surface area contributed by atoms with Gasteiger partial charge >= 0.3 is 5.97 Å². The molecule has 4 nitrogen and oxygen atoms in total. The van der Waals surface area contributed by atoms with E-state index < -0.39 is 0 Å². The molecule has 1 heterocycles. The molecular formula is C28H49NO3. The molecule has 0 bridgehead atoms. The molecule has 0 aliphatic carbocycles. The number of rotatable bonds is 20. The Morgan fingerprint density at radius 1 is 0.750 bits per heavy atom. The number of aryl methyl sites for hydroxylation is 2. The molecule has 0 amide bonds. The van der Waals surface area contributed by atoms with Crippen molar-refractivity contribution in [3.63, 3.8) is 0 Å². The largest absolute Gasteiger partial charge is 0.466 e. The SMILES string of the molecule is CCCCCCCCCCCC(=O)c1c(C)cn(CCCCCCCC(=O)OCC)c1C. The second kappa shape index (κ2) is 17.9. The van der Waals surface area contributed by atoms with Gasteiger partial charge in [0.15, 0.2) is 5.78 Å². The third-order valence-electron chi connectivity index (χ3n) is 6.41. The summed E-state index contributed by atoms with van der Waals surface area (Å²) in [6.07, 6.45) is 20.3. The van der Waals surface area contributed by atoms with Crippen LogP contribution in [0.1, 0.15) is 138 Å². The van der Waals surface area contributed by atoms with Crippen LogP contribution in [0, 0.1) is 13.8 Å². The van der Waals surface area contributed by atoms with Gasteiger partial charge in [-0.15, -0.1) is 0 Å². The van der Waals surface area contributed by atoms with E-state index in [2.05, 4.69) is 31.5 Å². The number of carbonyl (C=O) groups excluding carboxylic acids is 2. The summed E-state index contributed by atoms with van der Waals surface area (Å²) in [6.45, 7) is 9.71. The summed E-state index contributed by atoms with van der Waals surface area (Å²) < 4.78 is 7.22. The van der Waals surface area contributed by atoms with Crippen LogP contribution in [0.25, 0.3) is 0 Å². The number of hydrogen-bond acceptors (Lipinski definition) is 3. The molecule has 32 heavy (non-hydrogen) atoms. The lowest BCUT2D eigenvalue weighted by Gasteiger charge is -2.08. The van der Waals surface area contributed by atoms with Crippen LogP contribution < -0.4 is 0 Å². The van der Waals surface area contributed by atoms with E-state index in [4.69, 9.17) is 4.74 Å². The van der Waals surface area contributed by atoms with Gasteiger partial charge in [0, 0.05) is 36.8 Å². The van der Waals surface area contributed by atoms with Crippen LogP contribution in [0.15, 0.2) is 6.20 Å². The normalized spacial score (nSPS) is 11.1. The standard InChI is InChI=1S/C28H49NO3/c1-5-7-8-9-10-11-12-14-17-20-26(30)28-24(3)23-29(25(28)4)22-19-16-13-15-18-21-27(31)32-6-2/h23H,5-22H2,1-4H3. The molecule has 0 atom stereocenters. The highest BCUT2D eigenvalue weighted by Crippen LogP contribution is 2.21. The number of ketones is 1. The van der Waals surface area contributed by atoms with E-state index in [-0.39, 0.29) is 5.97 Å². The molecule has 0 saturated carbocycles. The molecule has 0 aromatic carbocycles. The van der Waals surface area contributed by atoms with Crippen molar-refractivity contribution in [2.45, 2.75) is 137 Å². The first-order valence-corrected chi connectivity index (χ1v) is 13.4. The van der Waals surface area contributed by atoms with Gasteiger partial charge in [0.25, 0.3) is 0 Å². The number of carbonyl (C=O) groups is 2. The maximum Gasteiger partial charge on any atom is 0.305 e. The van der Waals surface area contributed by atoms with Gasteiger partial charge in [-0.3, -0.25) is 9.59 Å². The predicted octanol–water partition coefficient (Wildman–Crippen LogP) is 8.11. The molecule has 1 aromatic heterocycles. The van der Waals surface area contributed by atoms with Gasteiger partial charge in [-0.05, 0) is 45.6 Å². The topological polar surface area (TPSA) is 48.3 Å². The van der Waals surface area contributed by atoms with Crippen LogP contribution in [0.4, 0.5) is 0 Å². The van der Waals surface area contributed by atoms with Gasteiger partial charge in [0.2, 0.25) is 0 Å². The van der Waals surface area contributed by atoms with Crippen molar-refractivity contribution >= 4 is 11.8 Å². The summed E-state index contributed by atoms with van der Waals surface area (Å²) in [6, 6.07) is 0. The lowest BCUT2D eigenvalue weighted by Crippen LogP contribution is -2.05. The van der Waals surface area contributed by atoms with Crippen molar-refractivity contribution in [2.24, 2.45) is 0 Å². The molecule has 0 fully saturated rings. The van der Waals surface area contributed by atoms with Gasteiger partial charge in [-0.25, -0.2) is 0 Å². The van der Waals surface area contributed by atoms with E-state index in [0.717, 1.165) is 61.9 Å². The summed E-state index contributed by atoms with van der Waals surface area (Å²) >= 11 is 0. The van der Waals surface area contributed by atoms with Crippen molar-refractivity contribution in [3.8, 4) is 0 Å². The second-order valence-corrected chi connectivity index (χ2v) is 9.29. The van der Waals surface area contributed by atoms with E-state index in [9.17, 15) is 9.59 Å². The minimum Gasteiger partial charge on any atom is -0.466 e. The van der Waals surface area contributed by atoms with E-state index in [0.29, 0.717) is 25.2 Å². The molecule has 0 N–H and O–H groups in total. The molecule has 0 aliphatic rings. The molecular weight excluding hydrogens is 398 g/mol. The number of nitrogens with zero attached hydrogens (tertiary/aromatic N) is 1. The van der Waals surface area contributed by atoms with Crippen LogP contribution in [0.2, 0.25) is 0 Å². The van der Waals surface area contributed by atoms with Gasteiger partial charge in [0.1, 0.15) is 0 Å². The highest BCUT2D eigenvalue weighted by molar-refractivity contribution is 5.98. The van der Waals surface area contributed by atoms with Gasteiger partial charge in [-0.2, -0.15) is 0 Å². The lowest BCUT2D eigenvalue weighted by atomic mass is 10.0. The third-order valence-corrected chi connectivity index (χ3v) is 6.41. The van der Waals surface area contributed by atoms with Crippen molar-refractivity contribution in [1.29, 1.82) is 0 Å². The Hall–Kier alpha value is -1.58. The van der Waals surface area contributed by atoms with Crippen molar-refractivity contribution < 1.29 is 14.3 Å². The molecule has 1 rings (SSSR count). The molecule has 4 heteroatoms. The Bertz CT molecular complexity index is 647. The zero-order chi connectivity index (χ0) is 23.6. The highest BCUT2D eigenvalue weighted by Gasteiger charge is 2.16. The summed E-state index contributed by atoms with van der Waals surface area (Å²) in [5.74, 6) is 0.242. The first-order chi connectivity index (χ1) is 15.5. The monoisotopic (exact) mass is 447 g/mol. The fraction of sp³-hybridized carbons (Fsp3) is 0.786.